The lowest BCUT2D eigenvalue weighted by Gasteiger charge is -2.18. The van der Waals surface area contributed by atoms with Crippen LogP contribution in [0.15, 0.2) is 12.3 Å². The smallest absolute Gasteiger partial charge is 0.273 e. The van der Waals surface area contributed by atoms with Crippen LogP contribution in [-0.2, 0) is 4.79 Å². The fourth-order valence-electron chi connectivity index (χ4n) is 2.94. The van der Waals surface area contributed by atoms with Crippen LogP contribution in [0.25, 0.3) is 0 Å². The van der Waals surface area contributed by atoms with Crippen molar-refractivity contribution in [1.29, 1.82) is 0 Å². The lowest BCUT2D eigenvalue weighted by molar-refractivity contribution is -0.118. The zero-order valence-electron chi connectivity index (χ0n) is 14.8. The topological polar surface area (TPSA) is 94.3 Å². The lowest BCUT2D eigenvalue weighted by Crippen LogP contribution is -2.38. The van der Waals surface area contributed by atoms with Gasteiger partial charge in [-0.05, 0) is 55.6 Å². The largest absolute Gasteiger partial charge is 0.491 e. The lowest BCUT2D eigenvalue weighted by atomic mass is 10.1. The first-order valence-electron chi connectivity index (χ1n) is 9.28. The molecule has 6 nitrogen and oxygen atoms in total. The quantitative estimate of drug-likeness (QED) is 0.681. The molecule has 0 spiro atoms. The summed E-state index contributed by atoms with van der Waals surface area (Å²) in [5, 5.41) is 2.89. The molecular weight excluding hydrogens is 318 g/mol. The van der Waals surface area contributed by atoms with Crippen molar-refractivity contribution in [2.24, 2.45) is 11.7 Å². The number of nitrogens with one attached hydrogen (secondary N) is 1. The Morgan fingerprint density at radius 3 is 2.72 bits per heavy atom. The van der Waals surface area contributed by atoms with E-state index in [0.29, 0.717) is 36.3 Å². The Hall–Kier alpha value is -2.11. The zero-order chi connectivity index (χ0) is 17.8. The first kappa shape index (κ1) is 17.7. The first-order valence-corrected chi connectivity index (χ1v) is 9.28. The van der Waals surface area contributed by atoms with Gasteiger partial charge < -0.3 is 15.8 Å². The number of hydrogen-bond acceptors (Lipinski definition) is 4. The summed E-state index contributed by atoms with van der Waals surface area (Å²) in [6, 6.07) is 1.70. The van der Waals surface area contributed by atoms with Gasteiger partial charge in [0.05, 0.1) is 6.61 Å². The number of ether oxygens (including phenoxy) is 1. The molecule has 0 radical (unpaired) electrons. The van der Waals surface area contributed by atoms with E-state index in [4.69, 9.17) is 10.5 Å². The number of aromatic nitrogens is 1. The van der Waals surface area contributed by atoms with Crippen molar-refractivity contribution in [3.05, 3.63) is 23.5 Å². The van der Waals surface area contributed by atoms with Crippen molar-refractivity contribution in [3.63, 3.8) is 0 Å². The normalized spacial score (nSPS) is 17.8. The molecule has 0 aliphatic heterocycles. The molecule has 25 heavy (non-hydrogen) atoms. The van der Waals surface area contributed by atoms with Gasteiger partial charge in [-0.15, -0.1) is 0 Å². The van der Waals surface area contributed by atoms with E-state index in [1.807, 2.05) is 13.0 Å². The highest BCUT2D eigenvalue weighted by molar-refractivity contribution is 5.95. The summed E-state index contributed by atoms with van der Waals surface area (Å²) >= 11 is 0. The SMILES string of the molecule is CCC[C@@H](CC(N)=O)NC(=O)c1ncc(C2CC2)cc1OCC1CC1. The second kappa shape index (κ2) is 7.85. The predicted molar refractivity (Wildman–Crippen MR) is 94.4 cm³/mol. The van der Waals surface area contributed by atoms with Crippen LogP contribution in [0.2, 0.25) is 0 Å². The highest BCUT2D eigenvalue weighted by atomic mass is 16.5. The molecule has 2 amide bonds. The van der Waals surface area contributed by atoms with Gasteiger partial charge in [0.25, 0.3) is 5.91 Å². The molecule has 3 rings (SSSR count). The van der Waals surface area contributed by atoms with Crippen LogP contribution in [-0.4, -0.2) is 29.4 Å². The Bertz CT molecular complexity index is 639. The fourth-order valence-corrected chi connectivity index (χ4v) is 2.94. The standard InChI is InChI=1S/C19H27N3O3/c1-2-3-15(9-17(20)23)22-19(24)18-16(25-11-12-4-5-12)8-14(10-21-18)13-6-7-13/h8,10,12-13,15H,2-7,9,11H2,1H3,(H2,20,23)(H,22,24)/t15-/m0/s1. The predicted octanol–water partition coefficient (Wildman–Crippen LogP) is 2.52. The molecule has 3 N–H and O–H groups in total. The summed E-state index contributed by atoms with van der Waals surface area (Å²) in [6.45, 7) is 2.64. The van der Waals surface area contributed by atoms with Crippen LogP contribution < -0.4 is 15.8 Å². The number of nitrogens with two attached hydrogens (primary N) is 1. The van der Waals surface area contributed by atoms with Crippen LogP contribution in [0.1, 0.15) is 73.8 Å². The van der Waals surface area contributed by atoms with Gasteiger partial charge in [-0.3, -0.25) is 9.59 Å². The number of pyridine rings is 1. The summed E-state index contributed by atoms with van der Waals surface area (Å²) in [5.74, 6) is 0.996. The van der Waals surface area contributed by atoms with E-state index in [1.54, 1.807) is 6.20 Å². The van der Waals surface area contributed by atoms with Gasteiger partial charge in [-0.2, -0.15) is 0 Å². The Kier molecular flexibility index (Phi) is 5.56. The summed E-state index contributed by atoms with van der Waals surface area (Å²) in [4.78, 5) is 28.3. The van der Waals surface area contributed by atoms with E-state index in [1.165, 1.54) is 25.7 Å². The number of nitrogens with zero attached hydrogens (tertiary/aromatic N) is 1. The molecule has 1 aromatic rings. The van der Waals surface area contributed by atoms with Gasteiger partial charge in [-0.25, -0.2) is 4.98 Å². The van der Waals surface area contributed by atoms with Crippen LogP contribution in [0.3, 0.4) is 0 Å². The minimum atomic E-state index is -0.416. The van der Waals surface area contributed by atoms with E-state index in [0.717, 1.165) is 12.0 Å². The van der Waals surface area contributed by atoms with E-state index < -0.39 is 5.91 Å². The molecule has 2 aliphatic rings. The fraction of sp³-hybridized carbons (Fsp3) is 0.632. The maximum Gasteiger partial charge on any atom is 0.273 e. The van der Waals surface area contributed by atoms with E-state index in [-0.39, 0.29) is 18.4 Å². The highest BCUT2D eigenvalue weighted by Gasteiger charge is 2.28. The second-order valence-electron chi connectivity index (χ2n) is 7.27. The van der Waals surface area contributed by atoms with Gasteiger partial charge in [0.1, 0.15) is 0 Å². The summed E-state index contributed by atoms with van der Waals surface area (Å²) in [6.07, 6.45) is 8.20. The molecule has 2 saturated carbocycles. The average Bonchev–Trinajstić information content (AvgIpc) is 3.46. The summed E-state index contributed by atoms with van der Waals surface area (Å²) in [5.41, 5.74) is 6.73. The molecule has 1 aromatic heterocycles. The highest BCUT2D eigenvalue weighted by Crippen LogP contribution is 2.41. The monoisotopic (exact) mass is 345 g/mol. The number of hydrogen-bond donors (Lipinski definition) is 2. The molecule has 2 aliphatic carbocycles. The Balaban J connectivity index is 1.73. The minimum absolute atomic E-state index is 0.137. The van der Waals surface area contributed by atoms with E-state index in [9.17, 15) is 9.59 Å². The summed E-state index contributed by atoms with van der Waals surface area (Å²) in [7, 11) is 0. The van der Waals surface area contributed by atoms with Crippen molar-refractivity contribution in [2.75, 3.05) is 6.61 Å². The minimum Gasteiger partial charge on any atom is -0.491 e. The van der Waals surface area contributed by atoms with Gasteiger partial charge >= 0.3 is 0 Å². The third kappa shape index (κ3) is 5.18. The van der Waals surface area contributed by atoms with Gasteiger partial charge in [-0.1, -0.05) is 13.3 Å². The van der Waals surface area contributed by atoms with Crippen molar-refractivity contribution in [2.45, 2.75) is 63.8 Å². The van der Waals surface area contributed by atoms with Gasteiger partial charge in [0, 0.05) is 18.7 Å². The molecule has 2 fully saturated rings. The van der Waals surface area contributed by atoms with Crippen molar-refractivity contribution in [1.82, 2.24) is 10.3 Å². The maximum absolute atomic E-state index is 12.7. The van der Waals surface area contributed by atoms with Crippen LogP contribution in [0.5, 0.6) is 5.75 Å². The Labute approximate surface area is 148 Å². The Morgan fingerprint density at radius 1 is 1.36 bits per heavy atom. The Morgan fingerprint density at radius 2 is 2.12 bits per heavy atom. The van der Waals surface area contributed by atoms with Crippen molar-refractivity contribution < 1.29 is 14.3 Å². The third-order valence-electron chi connectivity index (χ3n) is 4.73. The zero-order valence-corrected chi connectivity index (χ0v) is 14.8. The maximum atomic E-state index is 12.7. The molecule has 1 heterocycles. The van der Waals surface area contributed by atoms with Crippen LogP contribution in [0, 0.1) is 5.92 Å². The number of carbonyl (C=O) groups is 2. The number of rotatable bonds is 10. The molecule has 0 aromatic carbocycles. The van der Waals surface area contributed by atoms with Crippen LogP contribution >= 0.6 is 0 Å². The van der Waals surface area contributed by atoms with Crippen LogP contribution in [0.4, 0.5) is 0 Å². The summed E-state index contributed by atoms with van der Waals surface area (Å²) < 4.78 is 5.91. The third-order valence-corrected chi connectivity index (χ3v) is 4.73. The molecule has 0 unspecified atom stereocenters. The number of carbonyl (C=O) groups excluding carboxylic acids is 2. The average molecular weight is 345 g/mol. The molecule has 0 saturated heterocycles. The van der Waals surface area contributed by atoms with Crippen molar-refractivity contribution >= 4 is 11.8 Å². The second-order valence-corrected chi connectivity index (χ2v) is 7.27. The molecule has 0 bridgehead atoms. The van der Waals surface area contributed by atoms with Crippen molar-refractivity contribution in [3.8, 4) is 5.75 Å². The molecule has 6 heteroatoms. The first-order chi connectivity index (χ1) is 12.1. The number of amides is 2. The van der Waals surface area contributed by atoms with Gasteiger partial charge in [0.15, 0.2) is 11.4 Å². The molecular formula is C19H27N3O3. The number of primary amides is 1. The van der Waals surface area contributed by atoms with Gasteiger partial charge in [0.2, 0.25) is 5.91 Å². The molecule has 136 valence electrons. The van der Waals surface area contributed by atoms with E-state index in [2.05, 4.69) is 10.3 Å². The van der Waals surface area contributed by atoms with E-state index >= 15 is 0 Å². The molecule has 1 atom stereocenters.